The van der Waals surface area contributed by atoms with Gasteiger partial charge in [0.1, 0.15) is 17.1 Å². The van der Waals surface area contributed by atoms with Crippen LogP contribution in [0.2, 0.25) is 0 Å². The highest BCUT2D eigenvalue weighted by Gasteiger charge is 2.15. The van der Waals surface area contributed by atoms with E-state index in [1.165, 1.54) is 0 Å². The van der Waals surface area contributed by atoms with Gasteiger partial charge in [-0.25, -0.2) is 9.57 Å². The number of phenolic OH excluding ortho intramolecular Hbond substituents is 1. The first-order valence-electron chi connectivity index (χ1n) is 9.26. The van der Waals surface area contributed by atoms with Gasteiger partial charge in [0, 0.05) is 13.6 Å². The van der Waals surface area contributed by atoms with Crippen LogP contribution < -0.4 is 9.84 Å². The van der Waals surface area contributed by atoms with E-state index in [0.29, 0.717) is 13.0 Å². The number of hydrogen-bond donors (Lipinski definition) is 2. The number of rotatable bonds is 8. The standard InChI is InChI=1S/C21H28N3O4P/c1-21(2,3)27-20(26)22-14-13-16-7-11-19(12-8-16)28-29-24(4)23-15-17-5-9-18(25)10-6-17/h5-12,15,25,29H,13-14H2,1-4H3,(H,22,26)/b23-15+. The fraction of sp³-hybridized carbons (Fsp3) is 0.333. The summed E-state index contributed by atoms with van der Waals surface area (Å²) in [6, 6.07) is 14.5. The summed E-state index contributed by atoms with van der Waals surface area (Å²) in [5.41, 5.74) is 1.49. The van der Waals surface area contributed by atoms with Crippen LogP contribution in [0.15, 0.2) is 53.6 Å². The van der Waals surface area contributed by atoms with Crippen molar-refractivity contribution in [3.8, 4) is 11.5 Å². The second-order valence-electron chi connectivity index (χ2n) is 7.38. The predicted octanol–water partition coefficient (Wildman–Crippen LogP) is 4.31. The van der Waals surface area contributed by atoms with Gasteiger partial charge in [-0.05, 0) is 74.7 Å². The molecule has 8 heteroatoms. The Kier molecular flexibility index (Phi) is 8.28. The van der Waals surface area contributed by atoms with Crippen molar-refractivity contribution >= 4 is 21.3 Å². The van der Waals surface area contributed by atoms with Crippen molar-refractivity contribution in [2.75, 3.05) is 13.6 Å². The molecule has 0 aliphatic carbocycles. The van der Waals surface area contributed by atoms with Crippen molar-refractivity contribution in [3.05, 3.63) is 59.7 Å². The lowest BCUT2D eigenvalue weighted by Crippen LogP contribution is -2.33. The van der Waals surface area contributed by atoms with E-state index in [2.05, 4.69) is 10.4 Å². The number of aromatic hydroxyl groups is 1. The molecule has 0 fully saturated rings. The largest absolute Gasteiger partial charge is 0.508 e. The molecule has 156 valence electrons. The molecule has 0 aromatic heterocycles. The van der Waals surface area contributed by atoms with Crippen molar-refractivity contribution in [1.82, 2.24) is 10.1 Å². The third kappa shape index (κ3) is 9.30. The van der Waals surface area contributed by atoms with Gasteiger partial charge in [0.2, 0.25) is 0 Å². The zero-order chi connectivity index (χ0) is 21.3. The highest BCUT2D eigenvalue weighted by Crippen LogP contribution is 2.24. The summed E-state index contributed by atoms with van der Waals surface area (Å²) in [5.74, 6) is 0.976. The molecule has 2 rings (SSSR count). The molecule has 7 nitrogen and oxygen atoms in total. The zero-order valence-electron chi connectivity index (χ0n) is 17.2. The van der Waals surface area contributed by atoms with Crippen molar-refractivity contribution in [1.29, 1.82) is 0 Å². The van der Waals surface area contributed by atoms with Crippen LogP contribution in [0.25, 0.3) is 0 Å². The topological polar surface area (TPSA) is 83.4 Å². The second kappa shape index (κ2) is 10.7. The molecule has 1 unspecified atom stereocenters. The van der Waals surface area contributed by atoms with Crippen LogP contribution in [-0.2, 0) is 11.2 Å². The van der Waals surface area contributed by atoms with E-state index in [-0.39, 0.29) is 14.7 Å². The molecule has 1 amide bonds. The monoisotopic (exact) mass is 417 g/mol. The number of hydrogen-bond acceptors (Lipinski definition) is 6. The average molecular weight is 417 g/mol. The van der Waals surface area contributed by atoms with Crippen LogP contribution in [0.4, 0.5) is 4.79 Å². The number of benzene rings is 2. The van der Waals surface area contributed by atoms with E-state index in [1.807, 2.05) is 52.1 Å². The Labute approximate surface area is 173 Å². The minimum Gasteiger partial charge on any atom is -0.508 e. The highest BCUT2D eigenvalue weighted by atomic mass is 31.1. The van der Waals surface area contributed by atoms with Gasteiger partial charge in [-0.3, -0.25) is 0 Å². The van der Waals surface area contributed by atoms with Crippen LogP contribution in [0.5, 0.6) is 11.5 Å². The molecule has 29 heavy (non-hydrogen) atoms. The number of ether oxygens (including phenoxy) is 1. The molecule has 0 radical (unpaired) electrons. The van der Waals surface area contributed by atoms with E-state index >= 15 is 0 Å². The van der Waals surface area contributed by atoms with Crippen LogP contribution in [0.3, 0.4) is 0 Å². The molecular weight excluding hydrogens is 389 g/mol. The Hall–Kier alpha value is -2.79. The first-order valence-corrected chi connectivity index (χ1v) is 10.1. The fourth-order valence-electron chi connectivity index (χ4n) is 2.20. The van der Waals surface area contributed by atoms with Crippen LogP contribution >= 0.6 is 8.96 Å². The third-order valence-corrected chi connectivity index (χ3v) is 4.28. The zero-order valence-corrected chi connectivity index (χ0v) is 18.2. The van der Waals surface area contributed by atoms with Crippen molar-refractivity contribution < 1.29 is 19.2 Å². The van der Waals surface area contributed by atoms with E-state index in [9.17, 15) is 9.90 Å². The van der Waals surface area contributed by atoms with Gasteiger partial charge in [0.25, 0.3) is 0 Å². The lowest BCUT2D eigenvalue weighted by molar-refractivity contribution is 0.0528. The van der Waals surface area contributed by atoms with Crippen LogP contribution in [-0.4, -0.2) is 41.4 Å². The Balaban J connectivity index is 1.71. The van der Waals surface area contributed by atoms with Gasteiger partial charge in [-0.15, -0.1) is 0 Å². The number of alkyl carbamates (subject to hydrolysis) is 1. The molecule has 2 N–H and O–H groups in total. The maximum Gasteiger partial charge on any atom is 0.407 e. The Morgan fingerprint density at radius 3 is 2.45 bits per heavy atom. The van der Waals surface area contributed by atoms with Crippen molar-refractivity contribution in [3.63, 3.8) is 0 Å². The molecule has 0 aliphatic rings. The summed E-state index contributed by atoms with van der Waals surface area (Å²) in [4.78, 5) is 11.6. The summed E-state index contributed by atoms with van der Waals surface area (Å²) in [5, 5.41) is 16.3. The highest BCUT2D eigenvalue weighted by molar-refractivity contribution is 7.29. The fourth-order valence-corrected chi connectivity index (χ4v) is 2.68. The Morgan fingerprint density at radius 1 is 1.17 bits per heavy atom. The number of phenols is 1. The molecule has 0 saturated heterocycles. The van der Waals surface area contributed by atoms with Gasteiger partial charge in [0.05, 0.1) is 6.21 Å². The predicted molar refractivity (Wildman–Crippen MR) is 117 cm³/mol. The van der Waals surface area contributed by atoms with Crippen LogP contribution in [0.1, 0.15) is 31.9 Å². The van der Waals surface area contributed by atoms with Crippen LogP contribution in [0, 0.1) is 0 Å². The molecule has 2 aromatic carbocycles. The van der Waals surface area contributed by atoms with Gasteiger partial charge in [-0.1, -0.05) is 12.1 Å². The summed E-state index contributed by atoms with van der Waals surface area (Å²) in [6.07, 6.45) is 2.00. The van der Waals surface area contributed by atoms with Gasteiger partial charge in [-0.2, -0.15) is 5.10 Å². The number of hydrazone groups is 1. The summed E-state index contributed by atoms with van der Waals surface area (Å²) in [6.45, 7) is 6.01. The molecule has 1 atom stereocenters. The van der Waals surface area contributed by atoms with E-state index in [1.54, 1.807) is 35.3 Å². The maximum absolute atomic E-state index is 11.6. The molecule has 0 aliphatic heterocycles. The average Bonchev–Trinajstić information content (AvgIpc) is 2.65. The summed E-state index contributed by atoms with van der Waals surface area (Å²) >= 11 is 0. The molecule has 0 saturated carbocycles. The third-order valence-electron chi connectivity index (χ3n) is 3.57. The SMILES string of the molecule is CN(/N=C/c1ccc(O)cc1)POc1ccc(CCNC(=O)OC(C)(C)C)cc1. The van der Waals surface area contributed by atoms with Gasteiger partial charge in [0.15, 0.2) is 8.96 Å². The minimum atomic E-state index is -0.495. The lowest BCUT2D eigenvalue weighted by atomic mass is 10.1. The molecule has 2 aromatic rings. The summed E-state index contributed by atoms with van der Waals surface area (Å²) < 4.78 is 12.6. The van der Waals surface area contributed by atoms with Crippen molar-refractivity contribution in [2.45, 2.75) is 32.8 Å². The second-order valence-corrected chi connectivity index (χ2v) is 8.41. The molecule has 0 heterocycles. The first-order chi connectivity index (χ1) is 13.7. The number of amides is 1. The normalized spacial score (nSPS) is 11.7. The minimum absolute atomic E-state index is 0.0339. The summed E-state index contributed by atoms with van der Waals surface area (Å²) in [7, 11) is 1.86. The van der Waals surface area contributed by atoms with Gasteiger partial charge < -0.3 is 19.7 Å². The Bertz CT molecular complexity index is 802. The number of carbonyl (C=O) groups is 1. The maximum atomic E-state index is 11.6. The quantitative estimate of drug-likeness (QED) is 0.380. The van der Waals surface area contributed by atoms with E-state index < -0.39 is 11.7 Å². The Morgan fingerprint density at radius 2 is 1.83 bits per heavy atom. The smallest absolute Gasteiger partial charge is 0.407 e. The van der Waals surface area contributed by atoms with Gasteiger partial charge >= 0.3 is 6.09 Å². The molecule has 0 spiro atoms. The number of carbonyl (C=O) groups excluding carboxylic acids is 1. The first kappa shape index (κ1) is 22.5. The van der Waals surface area contributed by atoms with E-state index in [0.717, 1.165) is 16.9 Å². The number of nitrogens with one attached hydrogen (secondary N) is 1. The van der Waals surface area contributed by atoms with E-state index in [4.69, 9.17) is 9.26 Å². The lowest BCUT2D eigenvalue weighted by Gasteiger charge is -2.19. The number of nitrogens with zero attached hydrogens (tertiary/aromatic N) is 2. The van der Waals surface area contributed by atoms with Crippen molar-refractivity contribution in [2.24, 2.45) is 5.10 Å². The molecular formula is C21H28N3O4P. The molecule has 0 bridgehead atoms.